The number of hydrogen-bond donors (Lipinski definition) is 1. The Morgan fingerprint density at radius 2 is 1.85 bits per heavy atom. The zero-order valence-electron chi connectivity index (χ0n) is 16.7. The molecule has 0 aromatic heterocycles. The predicted molar refractivity (Wildman–Crippen MR) is 105 cm³/mol. The summed E-state index contributed by atoms with van der Waals surface area (Å²) in [5, 5.41) is 0. The van der Waals surface area contributed by atoms with Crippen LogP contribution in [-0.2, 0) is 19.1 Å². The standard InChI is InChI=1S/C19H33N3O4.ClH/c1-4-26-15-12-19(20,18(15,2)3)17(24)22-7-5-6-14(13-22)16(23)21-8-10-25-11-9-21;/h14-15H,4-13,20H2,1-3H3;1H. The van der Waals surface area contributed by atoms with Gasteiger partial charge in [-0.1, -0.05) is 13.8 Å². The number of nitrogens with two attached hydrogens (primary N) is 1. The highest BCUT2D eigenvalue weighted by molar-refractivity contribution is 5.90. The van der Waals surface area contributed by atoms with Crippen molar-refractivity contribution in [1.82, 2.24) is 9.80 Å². The van der Waals surface area contributed by atoms with E-state index in [0.29, 0.717) is 52.4 Å². The van der Waals surface area contributed by atoms with Crippen molar-refractivity contribution in [3.63, 3.8) is 0 Å². The molecular weight excluding hydrogens is 370 g/mol. The average molecular weight is 404 g/mol. The second-order valence-electron chi connectivity index (χ2n) is 8.37. The van der Waals surface area contributed by atoms with Crippen LogP contribution in [0.25, 0.3) is 0 Å². The molecule has 8 heteroatoms. The van der Waals surface area contributed by atoms with E-state index in [1.54, 1.807) is 0 Å². The molecular formula is C19H34ClN3O4. The van der Waals surface area contributed by atoms with Crippen LogP contribution in [0.4, 0.5) is 0 Å². The van der Waals surface area contributed by atoms with E-state index in [4.69, 9.17) is 15.2 Å². The van der Waals surface area contributed by atoms with Gasteiger partial charge in [-0.25, -0.2) is 0 Å². The number of likely N-dealkylation sites (tertiary alicyclic amines) is 1. The number of halogens is 1. The minimum absolute atomic E-state index is 0. The van der Waals surface area contributed by atoms with Crippen LogP contribution < -0.4 is 5.73 Å². The molecule has 0 aromatic carbocycles. The Hall–Kier alpha value is -0.890. The summed E-state index contributed by atoms with van der Waals surface area (Å²) < 4.78 is 11.1. The lowest BCUT2D eigenvalue weighted by molar-refractivity contribution is -0.181. The molecule has 0 bridgehead atoms. The van der Waals surface area contributed by atoms with Crippen LogP contribution in [0, 0.1) is 11.3 Å². The molecule has 1 saturated carbocycles. The first kappa shape index (κ1) is 22.4. The monoisotopic (exact) mass is 403 g/mol. The lowest BCUT2D eigenvalue weighted by atomic mass is 9.54. The molecule has 3 fully saturated rings. The van der Waals surface area contributed by atoms with Crippen LogP contribution in [0.5, 0.6) is 0 Å². The van der Waals surface area contributed by atoms with Gasteiger partial charge in [0.1, 0.15) is 5.54 Å². The van der Waals surface area contributed by atoms with Crippen molar-refractivity contribution in [3.8, 4) is 0 Å². The van der Waals surface area contributed by atoms with Crippen molar-refractivity contribution in [2.75, 3.05) is 46.0 Å². The Morgan fingerprint density at radius 1 is 1.19 bits per heavy atom. The van der Waals surface area contributed by atoms with Crippen LogP contribution in [0.2, 0.25) is 0 Å². The Morgan fingerprint density at radius 3 is 2.44 bits per heavy atom. The summed E-state index contributed by atoms with van der Waals surface area (Å²) in [6, 6.07) is 0. The third-order valence-corrected chi connectivity index (χ3v) is 6.59. The van der Waals surface area contributed by atoms with Crippen molar-refractivity contribution in [1.29, 1.82) is 0 Å². The first-order chi connectivity index (χ1) is 12.3. The SMILES string of the molecule is CCOC1CC(N)(C(=O)N2CCCC(C(=O)N3CCOCC3)C2)C1(C)C.Cl. The maximum absolute atomic E-state index is 13.2. The zero-order chi connectivity index (χ0) is 18.9. The molecule has 3 rings (SSSR count). The van der Waals surface area contributed by atoms with E-state index >= 15 is 0 Å². The fourth-order valence-electron chi connectivity index (χ4n) is 4.49. The van der Waals surface area contributed by atoms with Gasteiger partial charge >= 0.3 is 0 Å². The molecule has 2 aliphatic heterocycles. The molecule has 27 heavy (non-hydrogen) atoms. The molecule has 1 aliphatic carbocycles. The maximum Gasteiger partial charge on any atom is 0.243 e. The topological polar surface area (TPSA) is 85.1 Å². The Bertz CT molecular complexity index is 553. The molecule has 2 saturated heterocycles. The Labute approximate surface area is 168 Å². The van der Waals surface area contributed by atoms with Gasteiger partial charge in [-0.3, -0.25) is 9.59 Å². The molecule has 7 nitrogen and oxygen atoms in total. The van der Waals surface area contributed by atoms with Crippen LogP contribution >= 0.6 is 12.4 Å². The Kier molecular flexibility index (Phi) is 7.17. The number of amides is 2. The number of hydrogen-bond acceptors (Lipinski definition) is 5. The third-order valence-electron chi connectivity index (χ3n) is 6.59. The summed E-state index contributed by atoms with van der Waals surface area (Å²) in [4.78, 5) is 29.7. The molecule has 0 aromatic rings. The van der Waals surface area contributed by atoms with E-state index in [0.717, 1.165) is 12.8 Å². The van der Waals surface area contributed by atoms with E-state index in [-0.39, 0.29) is 36.2 Å². The molecule has 156 valence electrons. The molecule has 3 aliphatic rings. The average Bonchev–Trinajstić information content (AvgIpc) is 2.67. The molecule has 0 radical (unpaired) electrons. The molecule has 0 spiro atoms. The molecule has 2 amide bonds. The second-order valence-corrected chi connectivity index (χ2v) is 8.37. The lowest BCUT2D eigenvalue weighted by Crippen LogP contribution is -2.76. The third kappa shape index (κ3) is 3.97. The summed E-state index contributed by atoms with van der Waals surface area (Å²) >= 11 is 0. The number of carbonyl (C=O) groups is 2. The fraction of sp³-hybridized carbons (Fsp3) is 0.895. The number of ether oxygens (including phenoxy) is 2. The van der Waals surface area contributed by atoms with Crippen LogP contribution in [0.3, 0.4) is 0 Å². The minimum Gasteiger partial charge on any atom is -0.378 e. The van der Waals surface area contributed by atoms with E-state index in [2.05, 4.69) is 0 Å². The molecule has 3 atom stereocenters. The first-order valence-electron chi connectivity index (χ1n) is 9.87. The van der Waals surface area contributed by atoms with E-state index in [1.165, 1.54) is 0 Å². The highest BCUT2D eigenvalue weighted by Gasteiger charge is 2.64. The van der Waals surface area contributed by atoms with Crippen LogP contribution in [0.1, 0.15) is 40.0 Å². The predicted octanol–water partition coefficient (Wildman–Crippen LogP) is 1.04. The summed E-state index contributed by atoms with van der Waals surface area (Å²) in [5.74, 6) is -0.00450. The second kappa shape index (κ2) is 8.64. The molecule has 3 unspecified atom stereocenters. The number of carbonyl (C=O) groups excluding carboxylic acids is 2. The molecule has 2 N–H and O–H groups in total. The summed E-state index contributed by atoms with van der Waals surface area (Å²) in [6.45, 7) is 10.2. The number of rotatable bonds is 4. The van der Waals surface area contributed by atoms with Gasteiger partial charge in [0.05, 0.1) is 25.2 Å². The number of piperidine rings is 1. The van der Waals surface area contributed by atoms with Gasteiger partial charge in [0.25, 0.3) is 0 Å². The maximum atomic E-state index is 13.2. The number of morpholine rings is 1. The van der Waals surface area contributed by atoms with Gasteiger partial charge in [-0.2, -0.15) is 0 Å². The highest BCUT2D eigenvalue weighted by atomic mass is 35.5. The van der Waals surface area contributed by atoms with Gasteiger partial charge in [0.15, 0.2) is 0 Å². The largest absolute Gasteiger partial charge is 0.378 e. The fourth-order valence-corrected chi connectivity index (χ4v) is 4.49. The quantitative estimate of drug-likeness (QED) is 0.758. The van der Waals surface area contributed by atoms with Crippen LogP contribution in [-0.4, -0.2) is 79.3 Å². The smallest absolute Gasteiger partial charge is 0.243 e. The first-order valence-corrected chi connectivity index (χ1v) is 9.87. The van der Waals surface area contributed by atoms with Crippen molar-refractivity contribution in [2.24, 2.45) is 17.1 Å². The van der Waals surface area contributed by atoms with Gasteiger partial charge in [0, 0.05) is 44.6 Å². The van der Waals surface area contributed by atoms with Crippen molar-refractivity contribution >= 4 is 24.2 Å². The van der Waals surface area contributed by atoms with Gasteiger partial charge in [0.2, 0.25) is 11.8 Å². The molecule has 2 heterocycles. The van der Waals surface area contributed by atoms with E-state index in [1.807, 2.05) is 30.6 Å². The Balaban J connectivity index is 0.00000261. The highest BCUT2D eigenvalue weighted by Crippen LogP contribution is 2.50. The van der Waals surface area contributed by atoms with Crippen LogP contribution in [0.15, 0.2) is 0 Å². The van der Waals surface area contributed by atoms with Crippen molar-refractivity contribution < 1.29 is 19.1 Å². The van der Waals surface area contributed by atoms with Gasteiger partial charge < -0.3 is 25.0 Å². The van der Waals surface area contributed by atoms with Gasteiger partial charge in [-0.15, -0.1) is 12.4 Å². The summed E-state index contributed by atoms with van der Waals surface area (Å²) in [6.07, 6.45) is 2.24. The lowest BCUT2D eigenvalue weighted by Gasteiger charge is -2.59. The summed E-state index contributed by atoms with van der Waals surface area (Å²) in [7, 11) is 0. The van der Waals surface area contributed by atoms with Gasteiger partial charge in [-0.05, 0) is 19.8 Å². The van der Waals surface area contributed by atoms with Crippen molar-refractivity contribution in [3.05, 3.63) is 0 Å². The van der Waals surface area contributed by atoms with E-state index < -0.39 is 11.0 Å². The number of nitrogens with zero attached hydrogens (tertiary/aromatic N) is 2. The minimum atomic E-state index is -0.906. The van der Waals surface area contributed by atoms with E-state index in [9.17, 15) is 9.59 Å². The normalized spacial score (nSPS) is 33.0. The zero-order valence-corrected chi connectivity index (χ0v) is 17.6. The summed E-state index contributed by atoms with van der Waals surface area (Å²) in [5.41, 5.74) is 5.25. The van der Waals surface area contributed by atoms with Crippen molar-refractivity contribution in [2.45, 2.75) is 51.7 Å².